The van der Waals surface area contributed by atoms with E-state index in [0.717, 1.165) is 11.4 Å². The van der Waals surface area contributed by atoms with Crippen molar-refractivity contribution in [2.45, 2.75) is 36.3 Å². The Hall–Kier alpha value is -1.49. The molecule has 2 rings (SSSR count). The molecule has 1 saturated carbocycles. The summed E-state index contributed by atoms with van der Waals surface area (Å²) in [7, 11) is 1.82. The number of aliphatic carboxylic acids is 1. The number of thioether (sulfide) groups is 1. The minimum absolute atomic E-state index is 0.0254. The Bertz CT molecular complexity index is 528. The van der Waals surface area contributed by atoms with E-state index in [-0.39, 0.29) is 5.91 Å². The normalized spacial score (nSPS) is 16.1. The van der Waals surface area contributed by atoms with Crippen LogP contribution in [0, 0.1) is 5.92 Å². The predicted molar refractivity (Wildman–Crippen MR) is 83.7 cm³/mol. The van der Waals surface area contributed by atoms with E-state index in [1.807, 2.05) is 25.2 Å². The second-order valence-corrected chi connectivity index (χ2v) is 6.96. The molecular weight excluding hydrogens is 286 g/mol. The summed E-state index contributed by atoms with van der Waals surface area (Å²) in [5.74, 6) is -0.274. The summed E-state index contributed by atoms with van der Waals surface area (Å²) < 4.78 is 0. The lowest BCUT2D eigenvalue weighted by Crippen LogP contribution is -2.34. The lowest BCUT2D eigenvalue weighted by atomic mass is 9.85. The van der Waals surface area contributed by atoms with Crippen molar-refractivity contribution in [3.05, 3.63) is 29.8 Å². The van der Waals surface area contributed by atoms with Crippen LogP contribution in [0.5, 0.6) is 0 Å². The Balaban J connectivity index is 2.10. The molecule has 1 aliphatic rings. The van der Waals surface area contributed by atoms with Crippen LogP contribution in [0.25, 0.3) is 0 Å². The summed E-state index contributed by atoms with van der Waals surface area (Å²) >= 11 is 1.22. The van der Waals surface area contributed by atoms with Gasteiger partial charge in [0, 0.05) is 18.5 Å². The number of nitrogens with zero attached hydrogens (tertiary/aromatic N) is 1. The van der Waals surface area contributed by atoms with Crippen LogP contribution in [0.3, 0.4) is 0 Å². The van der Waals surface area contributed by atoms with E-state index in [4.69, 9.17) is 5.11 Å². The van der Waals surface area contributed by atoms with Gasteiger partial charge in [-0.15, -0.1) is 11.8 Å². The molecule has 1 aromatic carbocycles. The smallest absolute Gasteiger partial charge is 0.316 e. The molecule has 114 valence electrons. The van der Waals surface area contributed by atoms with Crippen LogP contribution in [0.1, 0.15) is 36.5 Å². The molecule has 1 N–H and O–H groups in total. The maximum absolute atomic E-state index is 12.6. The molecule has 0 saturated heterocycles. The second kappa shape index (κ2) is 6.98. The van der Waals surface area contributed by atoms with E-state index in [1.54, 1.807) is 17.9 Å². The van der Waals surface area contributed by atoms with Crippen molar-refractivity contribution >= 4 is 23.6 Å². The van der Waals surface area contributed by atoms with Gasteiger partial charge in [0.05, 0.1) is 5.56 Å². The maximum atomic E-state index is 12.6. The van der Waals surface area contributed by atoms with Crippen molar-refractivity contribution in [1.82, 2.24) is 4.90 Å². The average Bonchev–Trinajstić information content (AvgIpc) is 2.42. The minimum Gasteiger partial charge on any atom is -0.480 e. The second-order valence-electron chi connectivity index (χ2n) is 5.58. The molecule has 5 heteroatoms. The van der Waals surface area contributed by atoms with Crippen LogP contribution < -0.4 is 0 Å². The number of hydrogen-bond acceptors (Lipinski definition) is 3. The molecule has 1 fully saturated rings. The Labute approximate surface area is 129 Å². The van der Waals surface area contributed by atoms with Crippen molar-refractivity contribution in [2.75, 3.05) is 13.6 Å². The molecule has 1 unspecified atom stereocenters. The summed E-state index contributed by atoms with van der Waals surface area (Å²) in [6.07, 6.45) is 3.66. The van der Waals surface area contributed by atoms with Gasteiger partial charge < -0.3 is 10.0 Å². The van der Waals surface area contributed by atoms with Crippen LogP contribution in [-0.2, 0) is 4.79 Å². The van der Waals surface area contributed by atoms with Crippen LogP contribution in [0.15, 0.2) is 29.2 Å². The fourth-order valence-corrected chi connectivity index (χ4v) is 3.26. The zero-order valence-corrected chi connectivity index (χ0v) is 13.2. The standard InChI is InChI=1S/C16H21NO3S/c1-11(16(19)20)21-14-9-4-3-8-13(14)15(18)17(2)10-12-6-5-7-12/h3-4,8-9,11-12H,5-7,10H2,1-2H3,(H,19,20). The summed E-state index contributed by atoms with van der Waals surface area (Å²) in [6.45, 7) is 2.42. The highest BCUT2D eigenvalue weighted by Gasteiger charge is 2.24. The molecule has 0 heterocycles. The zero-order valence-electron chi connectivity index (χ0n) is 12.4. The van der Waals surface area contributed by atoms with Gasteiger partial charge in [0.1, 0.15) is 5.25 Å². The average molecular weight is 307 g/mol. The third-order valence-corrected chi connectivity index (χ3v) is 5.04. The van der Waals surface area contributed by atoms with Gasteiger partial charge in [0.25, 0.3) is 5.91 Å². The Morgan fingerprint density at radius 3 is 2.62 bits per heavy atom. The lowest BCUT2D eigenvalue weighted by Gasteiger charge is -2.30. The fraction of sp³-hybridized carbons (Fsp3) is 0.500. The van der Waals surface area contributed by atoms with E-state index in [1.165, 1.54) is 31.0 Å². The Morgan fingerprint density at radius 1 is 1.38 bits per heavy atom. The van der Waals surface area contributed by atoms with Gasteiger partial charge in [-0.3, -0.25) is 9.59 Å². The molecule has 1 atom stereocenters. The molecular formula is C16H21NO3S. The van der Waals surface area contributed by atoms with Gasteiger partial charge in [-0.05, 0) is 37.8 Å². The third-order valence-electron chi connectivity index (χ3n) is 3.87. The highest BCUT2D eigenvalue weighted by Crippen LogP contribution is 2.30. The highest BCUT2D eigenvalue weighted by atomic mass is 32.2. The summed E-state index contributed by atoms with van der Waals surface area (Å²) in [5.41, 5.74) is 0.595. The first-order valence-corrected chi connectivity index (χ1v) is 8.11. The molecule has 0 aromatic heterocycles. The van der Waals surface area contributed by atoms with E-state index < -0.39 is 11.2 Å². The predicted octanol–water partition coefficient (Wildman–Crippen LogP) is 3.12. The number of carbonyl (C=O) groups excluding carboxylic acids is 1. The van der Waals surface area contributed by atoms with Gasteiger partial charge in [0.15, 0.2) is 0 Å². The first kappa shape index (κ1) is 15.9. The van der Waals surface area contributed by atoms with Crippen molar-refractivity contribution in [1.29, 1.82) is 0 Å². The zero-order chi connectivity index (χ0) is 15.4. The van der Waals surface area contributed by atoms with Crippen molar-refractivity contribution in [2.24, 2.45) is 5.92 Å². The molecule has 1 aliphatic carbocycles. The number of carbonyl (C=O) groups is 2. The monoisotopic (exact) mass is 307 g/mol. The lowest BCUT2D eigenvalue weighted by molar-refractivity contribution is -0.136. The van der Waals surface area contributed by atoms with Gasteiger partial charge in [-0.25, -0.2) is 0 Å². The minimum atomic E-state index is -0.870. The van der Waals surface area contributed by atoms with Crippen LogP contribution in [0.4, 0.5) is 0 Å². The number of carboxylic acids is 1. The summed E-state index contributed by atoms with van der Waals surface area (Å²) in [4.78, 5) is 26.0. The quantitative estimate of drug-likeness (QED) is 0.820. The molecule has 0 aliphatic heterocycles. The molecule has 1 aromatic rings. The number of carboxylic acid groups (broad SMARTS) is 1. The van der Waals surface area contributed by atoms with Gasteiger partial charge in [-0.2, -0.15) is 0 Å². The van der Waals surface area contributed by atoms with E-state index in [0.29, 0.717) is 11.5 Å². The van der Waals surface area contributed by atoms with Crippen LogP contribution in [0.2, 0.25) is 0 Å². The largest absolute Gasteiger partial charge is 0.480 e. The Morgan fingerprint density at radius 2 is 2.05 bits per heavy atom. The van der Waals surface area contributed by atoms with Crippen molar-refractivity contribution < 1.29 is 14.7 Å². The SMILES string of the molecule is CC(Sc1ccccc1C(=O)N(C)CC1CCC1)C(=O)O. The number of rotatable bonds is 6. The van der Waals surface area contributed by atoms with Crippen LogP contribution in [-0.4, -0.2) is 40.7 Å². The number of amides is 1. The van der Waals surface area contributed by atoms with Gasteiger partial charge >= 0.3 is 5.97 Å². The molecule has 0 radical (unpaired) electrons. The van der Waals surface area contributed by atoms with Gasteiger partial charge in [-0.1, -0.05) is 18.6 Å². The fourth-order valence-electron chi connectivity index (χ4n) is 2.34. The third kappa shape index (κ3) is 4.00. The van der Waals surface area contributed by atoms with Gasteiger partial charge in [0.2, 0.25) is 0 Å². The number of hydrogen-bond donors (Lipinski definition) is 1. The first-order valence-electron chi connectivity index (χ1n) is 7.23. The van der Waals surface area contributed by atoms with Crippen molar-refractivity contribution in [3.63, 3.8) is 0 Å². The van der Waals surface area contributed by atoms with E-state index in [9.17, 15) is 9.59 Å². The molecule has 0 spiro atoms. The van der Waals surface area contributed by atoms with Crippen LogP contribution >= 0.6 is 11.8 Å². The summed E-state index contributed by atoms with van der Waals surface area (Å²) in [5, 5.41) is 8.45. The first-order chi connectivity index (χ1) is 9.99. The Kier molecular flexibility index (Phi) is 5.28. The molecule has 0 bridgehead atoms. The number of benzene rings is 1. The topological polar surface area (TPSA) is 57.6 Å². The highest BCUT2D eigenvalue weighted by molar-refractivity contribution is 8.00. The van der Waals surface area contributed by atoms with Crippen molar-refractivity contribution in [3.8, 4) is 0 Å². The molecule has 4 nitrogen and oxygen atoms in total. The molecule has 1 amide bonds. The summed E-state index contributed by atoms with van der Waals surface area (Å²) in [6, 6.07) is 7.24. The van der Waals surface area contributed by atoms with E-state index in [2.05, 4.69) is 0 Å². The molecule has 21 heavy (non-hydrogen) atoms. The van der Waals surface area contributed by atoms with E-state index >= 15 is 0 Å². The maximum Gasteiger partial charge on any atom is 0.316 e.